The maximum absolute atomic E-state index is 12.0. The minimum atomic E-state index is -0.543. The van der Waals surface area contributed by atoms with Gasteiger partial charge in [0.15, 0.2) is 0 Å². The first kappa shape index (κ1) is 11.8. The lowest BCUT2D eigenvalue weighted by atomic mass is 9.77. The Bertz CT molecular complexity index is 86.9. The van der Waals surface area contributed by atoms with Gasteiger partial charge in [0, 0.05) is 0 Å². The van der Waals surface area contributed by atoms with Gasteiger partial charge in [-0.05, 0) is 31.1 Å². The van der Waals surface area contributed by atoms with Gasteiger partial charge in [0.25, 0.3) is 0 Å². The largest absolute Gasteiger partial charge is 0.251 e. The van der Waals surface area contributed by atoms with Gasteiger partial charge < -0.3 is 0 Å². The molecule has 0 aromatic rings. The van der Waals surface area contributed by atoms with Crippen molar-refractivity contribution in [1.82, 2.24) is 0 Å². The quantitative estimate of drug-likeness (QED) is 0.565. The highest BCUT2D eigenvalue weighted by atomic mass is 19.1. The smallest absolute Gasteiger partial charge is 0.0899 e. The Morgan fingerprint density at radius 1 is 0.833 bits per heavy atom. The lowest BCUT2D eigenvalue weighted by Gasteiger charge is -2.29. The molecule has 0 spiro atoms. The molecule has 0 fully saturated rings. The molecule has 0 saturated heterocycles. The van der Waals surface area contributed by atoms with Crippen molar-refractivity contribution in [2.75, 3.05) is 20.0 Å². The van der Waals surface area contributed by atoms with Crippen molar-refractivity contribution >= 4 is 0 Å². The van der Waals surface area contributed by atoms with E-state index in [-0.39, 0.29) is 19.3 Å². The molecule has 73 valence electrons. The molecular formula is C9H16F3. The van der Waals surface area contributed by atoms with E-state index in [1.165, 1.54) is 0 Å². The van der Waals surface area contributed by atoms with E-state index in [4.69, 9.17) is 0 Å². The van der Waals surface area contributed by atoms with Crippen molar-refractivity contribution in [3.63, 3.8) is 0 Å². The number of hydrogen-bond donors (Lipinski definition) is 0. The van der Waals surface area contributed by atoms with Crippen molar-refractivity contribution in [2.45, 2.75) is 25.7 Å². The van der Waals surface area contributed by atoms with E-state index in [1.54, 1.807) is 0 Å². The van der Waals surface area contributed by atoms with Gasteiger partial charge in [-0.2, -0.15) is 0 Å². The van der Waals surface area contributed by atoms with Gasteiger partial charge in [-0.15, -0.1) is 0 Å². The Balaban J connectivity index is 4.06. The van der Waals surface area contributed by atoms with Crippen LogP contribution in [-0.2, 0) is 0 Å². The molecule has 3 heteroatoms. The SMILES string of the molecule is [CH2]CC(CCF)(CCF)CCF. The molecule has 0 unspecified atom stereocenters. The average molecular weight is 181 g/mol. The molecule has 1 radical (unpaired) electrons. The number of hydrogen-bond acceptors (Lipinski definition) is 0. The van der Waals surface area contributed by atoms with Crippen LogP contribution in [0.2, 0.25) is 0 Å². The summed E-state index contributed by atoms with van der Waals surface area (Å²) in [6, 6.07) is 0. The summed E-state index contributed by atoms with van der Waals surface area (Å²) >= 11 is 0. The Hall–Kier alpha value is -0.210. The van der Waals surface area contributed by atoms with Crippen LogP contribution in [0.4, 0.5) is 13.2 Å². The Morgan fingerprint density at radius 3 is 1.33 bits per heavy atom. The molecule has 12 heavy (non-hydrogen) atoms. The summed E-state index contributed by atoms with van der Waals surface area (Å²) in [7, 11) is 0. The number of rotatable bonds is 7. The van der Waals surface area contributed by atoms with Crippen LogP contribution in [0, 0.1) is 12.3 Å². The second kappa shape index (κ2) is 6.32. The predicted molar refractivity (Wildman–Crippen MR) is 44.2 cm³/mol. The zero-order chi connectivity index (χ0) is 9.45. The summed E-state index contributed by atoms with van der Waals surface area (Å²) in [5, 5.41) is 0. The third-order valence-electron chi connectivity index (χ3n) is 2.40. The van der Waals surface area contributed by atoms with Crippen molar-refractivity contribution in [3.8, 4) is 0 Å². The second-order valence-corrected chi connectivity index (χ2v) is 3.07. The summed E-state index contributed by atoms with van der Waals surface area (Å²) in [4.78, 5) is 0. The molecule has 0 atom stereocenters. The maximum atomic E-state index is 12.0. The van der Waals surface area contributed by atoms with Gasteiger partial charge in [0.2, 0.25) is 0 Å². The molecule has 0 amide bonds. The standard InChI is InChI=1S/C9H16F3/c1-2-9(3-6-10,4-7-11)5-8-12/h1-8H2. The Labute approximate surface area is 72.2 Å². The Morgan fingerprint density at radius 2 is 1.17 bits per heavy atom. The second-order valence-electron chi connectivity index (χ2n) is 3.07. The molecule has 0 rings (SSSR count). The summed E-state index contributed by atoms with van der Waals surface area (Å²) in [6.45, 7) is 2.06. The van der Waals surface area contributed by atoms with E-state index in [0.717, 1.165) is 0 Å². The first-order chi connectivity index (χ1) is 5.74. The van der Waals surface area contributed by atoms with Crippen LogP contribution >= 0.6 is 0 Å². The first-order valence-corrected chi connectivity index (χ1v) is 4.22. The molecule has 0 aliphatic heterocycles. The minimum Gasteiger partial charge on any atom is -0.251 e. The normalized spacial score (nSPS) is 12.0. The van der Waals surface area contributed by atoms with Gasteiger partial charge in [0.05, 0.1) is 20.0 Å². The van der Waals surface area contributed by atoms with Crippen LogP contribution in [0.3, 0.4) is 0 Å². The zero-order valence-electron chi connectivity index (χ0n) is 7.29. The molecule has 0 aromatic heterocycles. The van der Waals surface area contributed by atoms with Crippen LogP contribution in [0.1, 0.15) is 25.7 Å². The fourth-order valence-electron chi connectivity index (χ4n) is 1.35. The highest BCUT2D eigenvalue weighted by Crippen LogP contribution is 2.34. The van der Waals surface area contributed by atoms with Crippen LogP contribution < -0.4 is 0 Å². The molecule has 0 saturated carbocycles. The van der Waals surface area contributed by atoms with E-state index >= 15 is 0 Å². The van der Waals surface area contributed by atoms with E-state index in [1.807, 2.05) is 0 Å². The van der Waals surface area contributed by atoms with Crippen molar-refractivity contribution in [1.29, 1.82) is 0 Å². The minimum absolute atomic E-state index is 0.227. The molecular weight excluding hydrogens is 165 g/mol. The fourth-order valence-corrected chi connectivity index (χ4v) is 1.35. The number of alkyl halides is 3. The molecule has 0 aliphatic carbocycles. The van der Waals surface area contributed by atoms with Crippen molar-refractivity contribution in [2.24, 2.45) is 5.41 Å². The third-order valence-corrected chi connectivity index (χ3v) is 2.40. The Kier molecular flexibility index (Phi) is 6.21. The van der Waals surface area contributed by atoms with Crippen LogP contribution in [0.25, 0.3) is 0 Å². The summed E-state index contributed by atoms with van der Waals surface area (Å²) in [5.41, 5.74) is -0.543. The van der Waals surface area contributed by atoms with E-state index < -0.39 is 25.4 Å². The monoisotopic (exact) mass is 181 g/mol. The van der Waals surface area contributed by atoms with Crippen LogP contribution in [0.15, 0.2) is 0 Å². The van der Waals surface area contributed by atoms with Gasteiger partial charge in [-0.25, -0.2) is 0 Å². The zero-order valence-corrected chi connectivity index (χ0v) is 7.29. The van der Waals surface area contributed by atoms with Crippen molar-refractivity contribution in [3.05, 3.63) is 6.92 Å². The van der Waals surface area contributed by atoms with E-state index in [0.29, 0.717) is 6.42 Å². The molecule has 0 N–H and O–H groups in total. The predicted octanol–water partition coefficient (Wildman–Crippen LogP) is 3.28. The molecule has 0 nitrogen and oxygen atoms in total. The van der Waals surface area contributed by atoms with Gasteiger partial charge in [-0.3, -0.25) is 13.2 Å². The highest BCUT2D eigenvalue weighted by molar-refractivity contribution is 4.79. The maximum Gasteiger partial charge on any atom is 0.0899 e. The molecule has 0 bridgehead atoms. The van der Waals surface area contributed by atoms with Crippen molar-refractivity contribution < 1.29 is 13.2 Å². The van der Waals surface area contributed by atoms with Crippen LogP contribution in [-0.4, -0.2) is 20.0 Å². The highest BCUT2D eigenvalue weighted by Gasteiger charge is 2.27. The van der Waals surface area contributed by atoms with Gasteiger partial charge in [0.1, 0.15) is 0 Å². The lowest BCUT2D eigenvalue weighted by molar-refractivity contribution is 0.163. The summed E-state index contributed by atoms with van der Waals surface area (Å²) in [5.74, 6) is 0. The number of halogens is 3. The lowest BCUT2D eigenvalue weighted by Crippen LogP contribution is -2.22. The molecule has 0 aromatic carbocycles. The van der Waals surface area contributed by atoms with Crippen LogP contribution in [0.5, 0.6) is 0 Å². The fraction of sp³-hybridized carbons (Fsp3) is 0.889. The molecule has 0 aliphatic rings. The summed E-state index contributed by atoms with van der Waals surface area (Å²) in [6.07, 6.45) is 1.09. The first-order valence-electron chi connectivity index (χ1n) is 4.22. The molecule has 0 heterocycles. The van der Waals surface area contributed by atoms with E-state index in [2.05, 4.69) is 6.92 Å². The summed E-state index contributed by atoms with van der Waals surface area (Å²) < 4.78 is 36.1. The average Bonchev–Trinajstić information content (AvgIpc) is 2.06. The van der Waals surface area contributed by atoms with E-state index in [9.17, 15) is 13.2 Å². The third kappa shape index (κ3) is 3.46. The van der Waals surface area contributed by atoms with Gasteiger partial charge >= 0.3 is 0 Å². The topological polar surface area (TPSA) is 0 Å². The van der Waals surface area contributed by atoms with Gasteiger partial charge in [-0.1, -0.05) is 6.92 Å².